The maximum atomic E-state index is 5.73. The van der Waals surface area contributed by atoms with Crippen LogP contribution in [-0.2, 0) is 11.3 Å². The van der Waals surface area contributed by atoms with Crippen LogP contribution in [0.5, 0.6) is 0 Å². The Morgan fingerprint density at radius 2 is 2.47 bits per heavy atom. The number of nitrogens with one attached hydrogen (secondary N) is 1. The van der Waals surface area contributed by atoms with Gasteiger partial charge in [-0.25, -0.2) is 0 Å². The van der Waals surface area contributed by atoms with Crippen LogP contribution >= 0.6 is 0 Å². The van der Waals surface area contributed by atoms with Gasteiger partial charge in [0.1, 0.15) is 6.26 Å². The van der Waals surface area contributed by atoms with E-state index in [9.17, 15) is 0 Å². The highest BCUT2D eigenvalue weighted by molar-refractivity contribution is 4.94. The molecule has 1 aromatic heterocycles. The summed E-state index contributed by atoms with van der Waals surface area (Å²) in [5.41, 5.74) is 0.932. The van der Waals surface area contributed by atoms with Crippen LogP contribution in [0.3, 0.4) is 0 Å². The first kappa shape index (κ1) is 12.5. The normalized spacial score (nSPS) is 22.2. The lowest BCUT2D eigenvalue weighted by Gasteiger charge is -2.35. The third kappa shape index (κ3) is 3.80. The number of ether oxygens (including phenoxy) is 1. The van der Waals surface area contributed by atoms with Gasteiger partial charge in [-0.1, -0.05) is 5.16 Å². The van der Waals surface area contributed by atoms with Crippen molar-refractivity contribution in [1.82, 2.24) is 15.4 Å². The molecule has 1 N–H and O–H groups in total. The summed E-state index contributed by atoms with van der Waals surface area (Å²) >= 11 is 0. The molecule has 2 heterocycles. The SMILES string of the molecule is CC(C)N1CCOC(CNCc2ccon2)C1. The van der Waals surface area contributed by atoms with E-state index in [1.165, 1.54) is 0 Å². The Hall–Kier alpha value is -0.910. The quantitative estimate of drug-likeness (QED) is 0.826. The fraction of sp³-hybridized carbons (Fsp3) is 0.750. The second-order valence-electron chi connectivity index (χ2n) is 4.70. The van der Waals surface area contributed by atoms with Crippen LogP contribution < -0.4 is 5.32 Å². The second kappa shape index (κ2) is 6.14. The molecule has 17 heavy (non-hydrogen) atoms. The molecule has 0 radical (unpaired) electrons. The van der Waals surface area contributed by atoms with Crippen molar-refractivity contribution < 1.29 is 9.26 Å². The number of nitrogens with zero attached hydrogens (tertiary/aromatic N) is 2. The summed E-state index contributed by atoms with van der Waals surface area (Å²) < 4.78 is 10.5. The summed E-state index contributed by atoms with van der Waals surface area (Å²) in [6.45, 7) is 8.92. The van der Waals surface area contributed by atoms with E-state index in [0.29, 0.717) is 6.04 Å². The third-order valence-electron chi connectivity index (χ3n) is 3.07. The average Bonchev–Trinajstić information content (AvgIpc) is 2.82. The molecule has 0 aliphatic carbocycles. The number of rotatable bonds is 5. The van der Waals surface area contributed by atoms with Gasteiger partial charge in [0, 0.05) is 38.3 Å². The van der Waals surface area contributed by atoms with Gasteiger partial charge in [-0.2, -0.15) is 0 Å². The first-order valence-electron chi connectivity index (χ1n) is 6.21. The fourth-order valence-corrected chi connectivity index (χ4v) is 2.02. The standard InChI is InChI=1S/C12H21N3O2/c1-10(2)15-4-6-16-12(9-15)8-13-7-11-3-5-17-14-11/h3,5,10,12-13H,4,6-9H2,1-2H3. The van der Waals surface area contributed by atoms with Crippen LogP contribution in [0.1, 0.15) is 19.5 Å². The van der Waals surface area contributed by atoms with Gasteiger partial charge < -0.3 is 14.6 Å². The van der Waals surface area contributed by atoms with E-state index in [0.717, 1.165) is 38.5 Å². The molecule has 0 saturated carbocycles. The zero-order chi connectivity index (χ0) is 12.1. The van der Waals surface area contributed by atoms with Crippen molar-refractivity contribution in [1.29, 1.82) is 0 Å². The Balaban J connectivity index is 1.68. The second-order valence-corrected chi connectivity index (χ2v) is 4.70. The summed E-state index contributed by atoms with van der Waals surface area (Å²) in [6.07, 6.45) is 1.87. The number of hydrogen-bond donors (Lipinski definition) is 1. The average molecular weight is 239 g/mol. The zero-order valence-electron chi connectivity index (χ0n) is 10.6. The van der Waals surface area contributed by atoms with Gasteiger partial charge in [-0.05, 0) is 13.8 Å². The van der Waals surface area contributed by atoms with Crippen molar-refractivity contribution in [3.63, 3.8) is 0 Å². The Morgan fingerprint density at radius 1 is 1.59 bits per heavy atom. The lowest BCUT2D eigenvalue weighted by atomic mass is 10.2. The third-order valence-corrected chi connectivity index (χ3v) is 3.07. The molecule has 1 aliphatic heterocycles. The minimum atomic E-state index is 0.276. The van der Waals surface area contributed by atoms with Crippen LogP contribution in [0, 0.1) is 0 Å². The van der Waals surface area contributed by atoms with E-state index in [1.807, 2.05) is 6.07 Å². The van der Waals surface area contributed by atoms with E-state index in [-0.39, 0.29) is 6.10 Å². The van der Waals surface area contributed by atoms with Crippen LogP contribution in [0.4, 0.5) is 0 Å². The smallest absolute Gasteiger partial charge is 0.124 e. The summed E-state index contributed by atoms with van der Waals surface area (Å²) in [4.78, 5) is 2.45. The van der Waals surface area contributed by atoms with Crippen molar-refractivity contribution >= 4 is 0 Å². The number of morpholine rings is 1. The van der Waals surface area contributed by atoms with Gasteiger partial charge in [0.2, 0.25) is 0 Å². The largest absolute Gasteiger partial charge is 0.374 e. The van der Waals surface area contributed by atoms with Crippen LogP contribution in [-0.4, -0.2) is 48.4 Å². The Bertz CT molecular complexity index is 314. The fourth-order valence-electron chi connectivity index (χ4n) is 2.02. The van der Waals surface area contributed by atoms with Crippen molar-refractivity contribution in [2.45, 2.75) is 32.5 Å². The van der Waals surface area contributed by atoms with Crippen molar-refractivity contribution in [2.75, 3.05) is 26.2 Å². The van der Waals surface area contributed by atoms with Gasteiger partial charge in [0.15, 0.2) is 0 Å². The van der Waals surface area contributed by atoms with Crippen LogP contribution in [0.2, 0.25) is 0 Å². The number of hydrogen-bond acceptors (Lipinski definition) is 5. The maximum Gasteiger partial charge on any atom is 0.124 e. The molecule has 2 rings (SSSR count). The van der Waals surface area contributed by atoms with Gasteiger partial charge >= 0.3 is 0 Å². The first-order chi connectivity index (χ1) is 8.25. The van der Waals surface area contributed by atoms with E-state index in [2.05, 4.69) is 29.2 Å². The van der Waals surface area contributed by atoms with Crippen LogP contribution in [0.15, 0.2) is 16.9 Å². The number of aromatic nitrogens is 1. The molecule has 1 fully saturated rings. The Morgan fingerprint density at radius 3 is 3.18 bits per heavy atom. The van der Waals surface area contributed by atoms with E-state index < -0.39 is 0 Å². The predicted octanol–water partition coefficient (Wildman–Crippen LogP) is 0.873. The summed E-state index contributed by atoms with van der Waals surface area (Å²) in [7, 11) is 0. The highest BCUT2D eigenvalue weighted by atomic mass is 16.5. The lowest BCUT2D eigenvalue weighted by Crippen LogP contribution is -2.48. The highest BCUT2D eigenvalue weighted by Crippen LogP contribution is 2.08. The van der Waals surface area contributed by atoms with E-state index in [1.54, 1.807) is 6.26 Å². The molecule has 1 saturated heterocycles. The molecular formula is C12H21N3O2. The maximum absolute atomic E-state index is 5.73. The van der Waals surface area contributed by atoms with Gasteiger partial charge in [-0.15, -0.1) is 0 Å². The molecule has 96 valence electrons. The molecule has 0 amide bonds. The zero-order valence-corrected chi connectivity index (χ0v) is 10.6. The lowest BCUT2D eigenvalue weighted by molar-refractivity contribution is -0.0373. The first-order valence-corrected chi connectivity index (χ1v) is 6.21. The molecule has 5 nitrogen and oxygen atoms in total. The van der Waals surface area contributed by atoms with E-state index >= 15 is 0 Å². The Kier molecular flexibility index (Phi) is 4.53. The van der Waals surface area contributed by atoms with Crippen LogP contribution in [0.25, 0.3) is 0 Å². The molecular weight excluding hydrogens is 218 g/mol. The summed E-state index contributed by atoms with van der Waals surface area (Å²) in [6, 6.07) is 2.46. The van der Waals surface area contributed by atoms with Crippen molar-refractivity contribution in [3.8, 4) is 0 Å². The molecule has 1 aromatic rings. The monoisotopic (exact) mass is 239 g/mol. The molecule has 1 aliphatic rings. The minimum Gasteiger partial charge on any atom is -0.374 e. The van der Waals surface area contributed by atoms with Gasteiger partial charge in [0.25, 0.3) is 0 Å². The molecule has 0 bridgehead atoms. The molecule has 5 heteroatoms. The molecule has 1 unspecified atom stereocenters. The van der Waals surface area contributed by atoms with Gasteiger partial charge in [-0.3, -0.25) is 4.90 Å². The molecule has 0 aromatic carbocycles. The Labute approximate surface area is 102 Å². The molecule has 0 spiro atoms. The summed E-state index contributed by atoms with van der Waals surface area (Å²) in [5.74, 6) is 0. The minimum absolute atomic E-state index is 0.276. The van der Waals surface area contributed by atoms with Crippen molar-refractivity contribution in [3.05, 3.63) is 18.0 Å². The summed E-state index contributed by atoms with van der Waals surface area (Å²) in [5, 5.41) is 7.20. The van der Waals surface area contributed by atoms with Crippen molar-refractivity contribution in [2.24, 2.45) is 0 Å². The van der Waals surface area contributed by atoms with Gasteiger partial charge in [0.05, 0.1) is 18.4 Å². The van der Waals surface area contributed by atoms with E-state index in [4.69, 9.17) is 9.26 Å². The molecule has 1 atom stereocenters. The topological polar surface area (TPSA) is 50.5 Å². The predicted molar refractivity (Wildman–Crippen MR) is 64.7 cm³/mol. The highest BCUT2D eigenvalue weighted by Gasteiger charge is 2.21.